The molecule has 1 N–H and O–H groups in total. The minimum atomic E-state index is -4.29. The predicted octanol–water partition coefficient (Wildman–Crippen LogP) is 3.20. The molecule has 0 aliphatic carbocycles. The highest BCUT2D eigenvalue weighted by Crippen LogP contribution is 2.38. The summed E-state index contributed by atoms with van der Waals surface area (Å²) in [5.74, 6) is 0.203. The molecule has 1 aliphatic heterocycles. The molecule has 1 aromatic heterocycles. The van der Waals surface area contributed by atoms with Gasteiger partial charge in [0, 0.05) is 12.4 Å². The van der Waals surface area contributed by atoms with Crippen LogP contribution in [0, 0.1) is 5.92 Å². The first kappa shape index (κ1) is 13.3. The summed E-state index contributed by atoms with van der Waals surface area (Å²) >= 11 is 0. The van der Waals surface area contributed by atoms with Gasteiger partial charge in [0.2, 0.25) is 0 Å². The molecule has 2 nitrogen and oxygen atoms in total. The number of halogens is 3. The minimum Gasteiger partial charge on any atom is -0.317 e. The lowest BCUT2D eigenvalue weighted by molar-refractivity contribution is -0.138. The standard InChI is InChI=1S/C13H17F3N2/c1-9(10-2-5-17-6-3-10)11-8-18-7-4-12(11)13(14,15)16/h4,7-10,17H,2-3,5-6H2,1H3. The van der Waals surface area contributed by atoms with Crippen LogP contribution >= 0.6 is 0 Å². The minimum absolute atomic E-state index is 0.0996. The normalized spacial score (nSPS) is 19.8. The van der Waals surface area contributed by atoms with E-state index < -0.39 is 11.7 Å². The second-order valence-electron chi connectivity index (χ2n) is 4.84. The topological polar surface area (TPSA) is 24.9 Å². The Morgan fingerprint density at radius 1 is 1.33 bits per heavy atom. The van der Waals surface area contributed by atoms with Crippen LogP contribution in [0.15, 0.2) is 18.5 Å². The smallest absolute Gasteiger partial charge is 0.317 e. The summed E-state index contributed by atoms with van der Waals surface area (Å²) in [5.41, 5.74) is -0.208. The lowest BCUT2D eigenvalue weighted by Crippen LogP contribution is -2.30. The van der Waals surface area contributed by atoms with E-state index in [0.717, 1.165) is 32.0 Å². The first-order valence-corrected chi connectivity index (χ1v) is 6.22. The van der Waals surface area contributed by atoms with Crippen molar-refractivity contribution >= 4 is 0 Å². The lowest BCUT2D eigenvalue weighted by atomic mass is 9.80. The fourth-order valence-electron chi connectivity index (χ4n) is 2.63. The molecule has 18 heavy (non-hydrogen) atoms. The quantitative estimate of drug-likeness (QED) is 0.881. The SMILES string of the molecule is CC(c1cnccc1C(F)(F)F)C1CCNCC1. The van der Waals surface area contributed by atoms with E-state index in [1.807, 2.05) is 6.92 Å². The third kappa shape index (κ3) is 2.83. The molecule has 2 heterocycles. The molecule has 100 valence electrons. The van der Waals surface area contributed by atoms with Crippen molar-refractivity contribution in [3.05, 3.63) is 29.6 Å². The Hall–Kier alpha value is -1.10. The number of hydrogen-bond donors (Lipinski definition) is 1. The third-order valence-corrected chi connectivity index (χ3v) is 3.74. The van der Waals surface area contributed by atoms with E-state index in [0.29, 0.717) is 11.5 Å². The van der Waals surface area contributed by atoms with Crippen molar-refractivity contribution in [2.24, 2.45) is 5.92 Å². The molecule has 0 radical (unpaired) electrons. The molecule has 5 heteroatoms. The zero-order valence-corrected chi connectivity index (χ0v) is 10.3. The highest BCUT2D eigenvalue weighted by atomic mass is 19.4. The highest BCUT2D eigenvalue weighted by Gasteiger charge is 2.36. The van der Waals surface area contributed by atoms with Crippen molar-refractivity contribution in [2.75, 3.05) is 13.1 Å². The van der Waals surface area contributed by atoms with Crippen LogP contribution in [-0.4, -0.2) is 18.1 Å². The van der Waals surface area contributed by atoms with Gasteiger partial charge in [0.1, 0.15) is 0 Å². The lowest BCUT2D eigenvalue weighted by Gasteiger charge is -2.29. The Morgan fingerprint density at radius 2 is 2.00 bits per heavy atom. The summed E-state index contributed by atoms with van der Waals surface area (Å²) in [6.45, 7) is 3.65. The molecule has 1 saturated heterocycles. The number of rotatable bonds is 2. The summed E-state index contributed by atoms with van der Waals surface area (Å²) in [6.07, 6.45) is 0.136. The van der Waals surface area contributed by atoms with E-state index in [9.17, 15) is 13.2 Å². The number of nitrogens with zero attached hydrogens (tertiary/aromatic N) is 1. The Labute approximate surface area is 105 Å². The van der Waals surface area contributed by atoms with Crippen molar-refractivity contribution in [3.8, 4) is 0 Å². The van der Waals surface area contributed by atoms with Crippen LogP contribution in [0.3, 0.4) is 0 Å². The van der Waals surface area contributed by atoms with Gasteiger partial charge in [0.05, 0.1) is 5.56 Å². The van der Waals surface area contributed by atoms with E-state index >= 15 is 0 Å². The number of aromatic nitrogens is 1. The Kier molecular flexibility index (Phi) is 3.90. The van der Waals surface area contributed by atoms with Crippen LogP contribution in [0.5, 0.6) is 0 Å². The first-order chi connectivity index (χ1) is 8.50. The van der Waals surface area contributed by atoms with Crippen molar-refractivity contribution in [1.29, 1.82) is 0 Å². The van der Waals surface area contributed by atoms with Crippen molar-refractivity contribution in [1.82, 2.24) is 10.3 Å². The molecule has 2 rings (SSSR count). The molecule has 0 amide bonds. The number of piperidine rings is 1. The molecular formula is C13H17F3N2. The second-order valence-corrected chi connectivity index (χ2v) is 4.84. The Morgan fingerprint density at radius 3 is 2.61 bits per heavy atom. The van der Waals surface area contributed by atoms with Crippen molar-refractivity contribution in [3.63, 3.8) is 0 Å². The predicted molar refractivity (Wildman–Crippen MR) is 63.2 cm³/mol. The summed E-state index contributed by atoms with van der Waals surface area (Å²) in [5, 5.41) is 3.23. The van der Waals surface area contributed by atoms with Crippen LogP contribution in [0.4, 0.5) is 13.2 Å². The monoisotopic (exact) mass is 258 g/mol. The van der Waals surface area contributed by atoms with Crippen LogP contribution in [0.25, 0.3) is 0 Å². The maximum Gasteiger partial charge on any atom is 0.416 e. The molecular weight excluding hydrogens is 241 g/mol. The summed E-state index contributed by atoms with van der Waals surface area (Å²) in [6, 6.07) is 1.08. The molecule has 1 unspecified atom stereocenters. The highest BCUT2D eigenvalue weighted by molar-refractivity contribution is 5.29. The molecule has 1 aromatic rings. The summed E-state index contributed by atoms with van der Waals surface area (Å²) in [7, 11) is 0. The first-order valence-electron chi connectivity index (χ1n) is 6.22. The van der Waals surface area contributed by atoms with Gasteiger partial charge in [-0.1, -0.05) is 6.92 Å². The number of nitrogens with one attached hydrogen (secondary N) is 1. The van der Waals surface area contributed by atoms with E-state index in [1.54, 1.807) is 0 Å². The average Bonchev–Trinajstić information content (AvgIpc) is 2.38. The summed E-state index contributed by atoms with van der Waals surface area (Å²) < 4.78 is 38.8. The van der Waals surface area contributed by atoms with Crippen LogP contribution in [-0.2, 0) is 6.18 Å². The zero-order valence-electron chi connectivity index (χ0n) is 10.3. The van der Waals surface area contributed by atoms with Crippen LogP contribution in [0.1, 0.15) is 36.8 Å². The van der Waals surface area contributed by atoms with Gasteiger partial charge < -0.3 is 5.32 Å². The molecule has 0 spiro atoms. The van der Waals surface area contributed by atoms with Gasteiger partial charge in [-0.05, 0) is 49.4 Å². The number of pyridine rings is 1. The molecule has 1 aliphatic rings. The van der Waals surface area contributed by atoms with Gasteiger partial charge in [-0.3, -0.25) is 4.98 Å². The van der Waals surface area contributed by atoms with Gasteiger partial charge in [-0.15, -0.1) is 0 Å². The van der Waals surface area contributed by atoms with Gasteiger partial charge in [-0.25, -0.2) is 0 Å². The fourth-order valence-corrected chi connectivity index (χ4v) is 2.63. The summed E-state index contributed by atoms with van der Waals surface area (Å²) in [4.78, 5) is 3.86. The van der Waals surface area contributed by atoms with E-state index in [1.165, 1.54) is 12.4 Å². The molecule has 1 atom stereocenters. The van der Waals surface area contributed by atoms with Crippen molar-refractivity contribution < 1.29 is 13.2 Å². The zero-order chi connectivity index (χ0) is 13.2. The molecule has 0 saturated carbocycles. The van der Waals surface area contributed by atoms with Gasteiger partial charge in [0.25, 0.3) is 0 Å². The third-order valence-electron chi connectivity index (χ3n) is 3.74. The molecule has 0 aromatic carbocycles. The largest absolute Gasteiger partial charge is 0.416 e. The molecule has 1 fully saturated rings. The number of alkyl halides is 3. The molecule has 0 bridgehead atoms. The maximum atomic E-state index is 12.9. The van der Waals surface area contributed by atoms with Crippen molar-refractivity contribution in [2.45, 2.75) is 31.9 Å². The fraction of sp³-hybridized carbons (Fsp3) is 0.615. The van der Waals surface area contributed by atoms with Crippen LogP contribution < -0.4 is 5.32 Å². The van der Waals surface area contributed by atoms with Gasteiger partial charge in [0.15, 0.2) is 0 Å². The Bertz CT molecular complexity index is 397. The van der Waals surface area contributed by atoms with Crippen LogP contribution in [0.2, 0.25) is 0 Å². The van der Waals surface area contributed by atoms with E-state index in [-0.39, 0.29) is 5.92 Å². The van der Waals surface area contributed by atoms with Gasteiger partial charge in [-0.2, -0.15) is 13.2 Å². The second kappa shape index (κ2) is 5.26. The Balaban J connectivity index is 2.26. The maximum absolute atomic E-state index is 12.9. The van der Waals surface area contributed by atoms with E-state index in [4.69, 9.17) is 0 Å². The average molecular weight is 258 g/mol. The van der Waals surface area contributed by atoms with Gasteiger partial charge >= 0.3 is 6.18 Å². The number of hydrogen-bond acceptors (Lipinski definition) is 2. The van der Waals surface area contributed by atoms with E-state index in [2.05, 4.69) is 10.3 Å².